The van der Waals surface area contributed by atoms with Crippen molar-refractivity contribution in [2.75, 3.05) is 18.9 Å². The van der Waals surface area contributed by atoms with Gasteiger partial charge in [0.1, 0.15) is 5.54 Å². The summed E-state index contributed by atoms with van der Waals surface area (Å²) >= 11 is 0. The van der Waals surface area contributed by atoms with Crippen LogP contribution in [0.15, 0.2) is 73.1 Å². The Morgan fingerprint density at radius 3 is 2.59 bits per heavy atom. The third-order valence-electron chi connectivity index (χ3n) is 6.62. The highest BCUT2D eigenvalue weighted by molar-refractivity contribution is 6.12. The molecule has 3 atom stereocenters. The molecule has 8 nitrogen and oxygen atoms in total. The number of rotatable bonds is 4. The lowest BCUT2D eigenvalue weighted by molar-refractivity contribution is -0.384. The molecule has 0 radical (unpaired) electrons. The number of para-hydroxylation sites is 1. The molecular formula is C24H20N4O4. The van der Waals surface area contributed by atoms with Gasteiger partial charge in [-0.05, 0) is 30.8 Å². The minimum absolute atomic E-state index is 0.0195. The molecule has 2 aromatic carbocycles. The normalized spacial score (nSPS) is 24.3. The molecule has 32 heavy (non-hydrogen) atoms. The van der Waals surface area contributed by atoms with Crippen LogP contribution in [-0.4, -0.2) is 40.1 Å². The van der Waals surface area contributed by atoms with Gasteiger partial charge in [0.25, 0.3) is 5.69 Å². The second-order valence-corrected chi connectivity index (χ2v) is 8.19. The van der Waals surface area contributed by atoms with Gasteiger partial charge in [-0.3, -0.25) is 29.6 Å². The fraction of sp³-hybridized carbons (Fsp3) is 0.208. The molecule has 0 bridgehead atoms. The van der Waals surface area contributed by atoms with E-state index >= 15 is 0 Å². The number of nitrogens with zero attached hydrogens (tertiary/aromatic N) is 3. The third kappa shape index (κ3) is 2.76. The van der Waals surface area contributed by atoms with E-state index in [2.05, 4.69) is 10.3 Å². The number of ketones is 1. The average Bonchev–Trinajstić information content (AvgIpc) is 3.29. The molecule has 1 spiro atoms. The van der Waals surface area contributed by atoms with E-state index in [0.717, 1.165) is 11.1 Å². The van der Waals surface area contributed by atoms with Crippen molar-refractivity contribution >= 4 is 23.1 Å². The van der Waals surface area contributed by atoms with E-state index in [1.807, 2.05) is 36.2 Å². The zero-order valence-electron chi connectivity index (χ0n) is 17.3. The lowest BCUT2D eigenvalue weighted by Crippen LogP contribution is -2.51. The number of nitrogens with one attached hydrogen (secondary N) is 1. The molecular weight excluding hydrogens is 408 g/mol. The Bertz CT molecular complexity index is 1230. The molecule has 0 aliphatic carbocycles. The van der Waals surface area contributed by atoms with Crippen molar-refractivity contribution < 1.29 is 14.5 Å². The maximum Gasteiger partial charge on any atom is 0.269 e. The van der Waals surface area contributed by atoms with Crippen LogP contribution in [0.2, 0.25) is 0 Å². The van der Waals surface area contributed by atoms with Crippen LogP contribution in [0, 0.1) is 16.0 Å². The smallest absolute Gasteiger partial charge is 0.269 e. The number of carbonyl (C=O) groups excluding carboxylic acids is 2. The summed E-state index contributed by atoms with van der Waals surface area (Å²) in [6, 6.07) is 17.1. The van der Waals surface area contributed by atoms with Crippen LogP contribution in [0.4, 0.5) is 11.4 Å². The minimum atomic E-state index is -1.18. The number of nitro benzene ring substituents is 1. The van der Waals surface area contributed by atoms with Crippen molar-refractivity contribution in [2.24, 2.45) is 5.92 Å². The van der Waals surface area contributed by atoms with Gasteiger partial charge < -0.3 is 5.32 Å². The molecule has 2 aliphatic heterocycles. The maximum absolute atomic E-state index is 13.9. The second kappa shape index (κ2) is 7.35. The molecule has 1 amide bonds. The van der Waals surface area contributed by atoms with Gasteiger partial charge in [0.05, 0.1) is 10.8 Å². The molecule has 3 heterocycles. The fourth-order valence-corrected chi connectivity index (χ4v) is 5.23. The number of benzene rings is 2. The zero-order chi connectivity index (χ0) is 22.5. The standard InChI is InChI=1S/C24H20N4O4/c1-27-14-18(15-8-10-17(11-9-15)28(31)32)21(22(29)16-5-4-12-25-13-16)24(27)19-6-2-3-7-20(19)26-23(24)30/h2-13,18,21H,14H2,1H3,(H,26,30)/t18-,21?,24-/m1/s1. The van der Waals surface area contributed by atoms with E-state index in [4.69, 9.17) is 0 Å². The highest BCUT2D eigenvalue weighted by Gasteiger charge is 2.64. The number of likely N-dealkylation sites (N-methyl/N-ethyl adjacent to an activating group) is 1. The van der Waals surface area contributed by atoms with Crippen LogP contribution in [-0.2, 0) is 10.3 Å². The number of aromatic nitrogens is 1. The monoisotopic (exact) mass is 428 g/mol. The summed E-state index contributed by atoms with van der Waals surface area (Å²) in [5.74, 6) is -1.50. The molecule has 2 aliphatic rings. The maximum atomic E-state index is 13.9. The highest BCUT2D eigenvalue weighted by Crippen LogP contribution is 2.55. The summed E-state index contributed by atoms with van der Waals surface area (Å²) in [5.41, 5.74) is 1.46. The van der Waals surface area contributed by atoms with E-state index in [1.54, 1.807) is 30.5 Å². The SMILES string of the molecule is CN1C[C@H](c2ccc([N+](=O)[O-])cc2)C(C(=O)c2cccnc2)[C@]12C(=O)Nc1ccccc12. The zero-order valence-corrected chi connectivity index (χ0v) is 17.3. The van der Waals surface area contributed by atoms with E-state index < -0.39 is 16.4 Å². The van der Waals surface area contributed by atoms with E-state index in [9.17, 15) is 19.7 Å². The minimum Gasteiger partial charge on any atom is -0.324 e. The summed E-state index contributed by atoms with van der Waals surface area (Å²) in [7, 11) is 1.84. The van der Waals surface area contributed by atoms with Crippen molar-refractivity contribution in [2.45, 2.75) is 11.5 Å². The first-order valence-electron chi connectivity index (χ1n) is 10.3. The molecule has 3 aromatic rings. The second-order valence-electron chi connectivity index (χ2n) is 8.19. The van der Waals surface area contributed by atoms with Gasteiger partial charge in [-0.1, -0.05) is 30.3 Å². The van der Waals surface area contributed by atoms with Crippen molar-refractivity contribution in [1.82, 2.24) is 9.88 Å². The lowest BCUT2D eigenvalue weighted by Gasteiger charge is -2.35. The fourth-order valence-electron chi connectivity index (χ4n) is 5.23. The lowest BCUT2D eigenvalue weighted by atomic mass is 9.70. The molecule has 1 saturated heterocycles. The van der Waals surface area contributed by atoms with E-state index in [-0.39, 0.29) is 23.3 Å². The summed E-state index contributed by atoms with van der Waals surface area (Å²) in [4.78, 5) is 44.1. The number of likely N-dealkylation sites (tertiary alicyclic amines) is 1. The van der Waals surface area contributed by atoms with Crippen molar-refractivity contribution in [3.63, 3.8) is 0 Å². The van der Waals surface area contributed by atoms with Crippen molar-refractivity contribution in [1.29, 1.82) is 0 Å². The summed E-state index contributed by atoms with van der Waals surface area (Å²) in [6.45, 7) is 0.441. The number of Topliss-reactive ketones (excluding diaryl/α,β-unsaturated/α-hetero) is 1. The first-order valence-corrected chi connectivity index (χ1v) is 10.3. The van der Waals surface area contributed by atoms with Gasteiger partial charge in [-0.25, -0.2) is 0 Å². The Hall–Kier alpha value is -3.91. The third-order valence-corrected chi connectivity index (χ3v) is 6.62. The predicted molar refractivity (Wildman–Crippen MR) is 117 cm³/mol. The largest absolute Gasteiger partial charge is 0.324 e. The molecule has 1 aromatic heterocycles. The Morgan fingerprint density at radius 1 is 1.16 bits per heavy atom. The van der Waals surface area contributed by atoms with Gasteiger partial charge in [0.15, 0.2) is 5.78 Å². The quantitative estimate of drug-likeness (QED) is 0.388. The van der Waals surface area contributed by atoms with Gasteiger partial charge in [-0.15, -0.1) is 0 Å². The number of non-ortho nitro benzene ring substituents is 1. The molecule has 1 unspecified atom stereocenters. The molecule has 0 saturated carbocycles. The molecule has 1 fully saturated rings. The van der Waals surface area contributed by atoms with E-state index in [1.165, 1.54) is 18.3 Å². The number of amides is 1. The number of pyridine rings is 1. The average molecular weight is 428 g/mol. The Labute approximate surface area is 184 Å². The summed E-state index contributed by atoms with van der Waals surface area (Å²) in [6.07, 6.45) is 3.11. The Kier molecular flexibility index (Phi) is 4.60. The molecule has 1 N–H and O–H groups in total. The number of carbonyl (C=O) groups is 2. The number of hydrogen-bond acceptors (Lipinski definition) is 6. The first-order chi connectivity index (χ1) is 15.4. The van der Waals surface area contributed by atoms with Crippen molar-refractivity contribution in [3.05, 3.63) is 99.9 Å². The van der Waals surface area contributed by atoms with Crippen molar-refractivity contribution in [3.8, 4) is 0 Å². The first kappa shape index (κ1) is 20.0. The highest BCUT2D eigenvalue weighted by atomic mass is 16.6. The predicted octanol–water partition coefficient (Wildman–Crippen LogP) is 3.37. The summed E-state index contributed by atoms with van der Waals surface area (Å²) < 4.78 is 0. The van der Waals surface area contributed by atoms with Gasteiger partial charge in [0.2, 0.25) is 5.91 Å². The van der Waals surface area contributed by atoms with Gasteiger partial charge >= 0.3 is 0 Å². The summed E-state index contributed by atoms with van der Waals surface area (Å²) in [5, 5.41) is 14.1. The Morgan fingerprint density at radius 2 is 1.91 bits per heavy atom. The van der Waals surface area contributed by atoms with Gasteiger partial charge in [0, 0.05) is 53.8 Å². The molecule has 5 rings (SSSR count). The molecule has 160 valence electrons. The number of nitro groups is 1. The van der Waals surface area contributed by atoms with Crippen LogP contribution in [0.5, 0.6) is 0 Å². The van der Waals surface area contributed by atoms with Crippen LogP contribution in [0.1, 0.15) is 27.4 Å². The number of hydrogen-bond donors (Lipinski definition) is 1. The van der Waals surface area contributed by atoms with Crippen LogP contribution in [0.25, 0.3) is 0 Å². The van der Waals surface area contributed by atoms with Crippen LogP contribution < -0.4 is 5.32 Å². The number of fused-ring (bicyclic) bond motifs is 2. The Balaban J connectivity index is 1.70. The van der Waals surface area contributed by atoms with Gasteiger partial charge in [-0.2, -0.15) is 0 Å². The van der Waals surface area contributed by atoms with E-state index in [0.29, 0.717) is 17.8 Å². The number of anilines is 1. The van der Waals surface area contributed by atoms with Crippen LogP contribution in [0.3, 0.4) is 0 Å². The topological polar surface area (TPSA) is 105 Å². The molecule has 8 heteroatoms. The van der Waals surface area contributed by atoms with Crippen LogP contribution >= 0.6 is 0 Å².